The van der Waals surface area contributed by atoms with Crippen LogP contribution in [0.15, 0.2) is 41.9 Å². The van der Waals surface area contributed by atoms with Gasteiger partial charge in [0.2, 0.25) is 0 Å². The van der Waals surface area contributed by atoms with Gasteiger partial charge in [0.15, 0.2) is 0 Å². The number of carbonyl (C=O) groups excluding carboxylic acids is 4. The number of aliphatic carboxylic acids is 4. The third-order valence-corrected chi connectivity index (χ3v) is 30.4. The fourth-order valence-electron chi connectivity index (χ4n) is 12.7. The molecule has 4 unspecified atom stereocenters. The summed E-state index contributed by atoms with van der Waals surface area (Å²) in [6.45, 7) is 17.9. The zero-order chi connectivity index (χ0) is 70.5. The van der Waals surface area contributed by atoms with Crippen LogP contribution in [0, 0.1) is 0 Å². The van der Waals surface area contributed by atoms with E-state index >= 15 is 0 Å². The summed E-state index contributed by atoms with van der Waals surface area (Å²) < 4.78 is 0. The number of carbonyl (C=O) groups is 4. The summed E-state index contributed by atoms with van der Waals surface area (Å²) >= 11 is 0. The van der Waals surface area contributed by atoms with Crippen LogP contribution in [0.5, 0.6) is 0 Å². The largest absolute Gasteiger partial charge is 4.00 e. The average Bonchev–Trinajstić information content (AvgIpc) is 1.78. The minimum Gasteiger partial charge on any atom is -0.549 e. The molecule has 4 aliphatic heterocycles. The summed E-state index contributed by atoms with van der Waals surface area (Å²) in [5.74, 6) is -3.59. The maximum absolute atomic E-state index is 11.4. The van der Waals surface area contributed by atoms with E-state index in [1.165, 1.54) is 368 Å². The van der Waals surface area contributed by atoms with Gasteiger partial charge < -0.3 is 39.6 Å². The molecule has 0 spiro atoms. The molecule has 0 saturated carbocycles. The van der Waals surface area contributed by atoms with Crippen molar-refractivity contribution in [1.82, 2.24) is 0 Å². The monoisotopic (exact) mass is 1600 g/mol. The molecule has 0 bridgehead atoms. The van der Waals surface area contributed by atoms with Crippen LogP contribution >= 0.6 is 86.4 Å². The van der Waals surface area contributed by atoms with Crippen molar-refractivity contribution in [2.75, 3.05) is 0 Å². The van der Waals surface area contributed by atoms with Gasteiger partial charge in [-0.15, -0.1) is 0 Å². The Labute approximate surface area is 645 Å². The first-order valence-corrected chi connectivity index (χ1v) is 48.7. The van der Waals surface area contributed by atoms with Crippen molar-refractivity contribution in [1.29, 1.82) is 0 Å². The fraction of sp³-hybridized carbons (Fsp3) is 0.850. The second kappa shape index (κ2) is 69.5. The van der Waals surface area contributed by atoms with E-state index in [9.17, 15) is 39.6 Å². The zero-order valence-corrected chi connectivity index (χ0v) is 72.3. The normalized spacial score (nSPS) is 17.5. The molecule has 0 aliphatic carbocycles. The summed E-state index contributed by atoms with van der Waals surface area (Å²) in [6.07, 6.45) is 69.2. The van der Waals surface area contributed by atoms with Gasteiger partial charge in [-0.2, -0.15) is 0 Å². The van der Waals surface area contributed by atoms with E-state index in [0.717, 1.165) is 77.0 Å². The van der Waals surface area contributed by atoms with E-state index in [0.29, 0.717) is 0 Å². The maximum atomic E-state index is 11.4. The van der Waals surface area contributed by atoms with Crippen LogP contribution in [0.1, 0.15) is 415 Å². The topological polar surface area (TPSA) is 161 Å². The van der Waals surface area contributed by atoms with Gasteiger partial charge in [0.1, 0.15) is 0 Å². The molecule has 560 valence electrons. The molecular weight excluding hydrogens is 1460 g/mol. The Morgan fingerprint density at radius 2 is 0.340 bits per heavy atom. The van der Waals surface area contributed by atoms with E-state index < -0.39 is 44.9 Å². The van der Waals surface area contributed by atoms with Crippen LogP contribution in [0.4, 0.5) is 0 Å². The first-order chi connectivity index (χ1) is 46.8. The number of unbranched alkanes of at least 4 members (excludes halogenated alkanes) is 40. The molecular formula is C80H140O8S8Sn. The molecule has 4 aliphatic rings. The second-order valence-electron chi connectivity index (χ2n) is 27.5. The molecule has 17 heteroatoms. The molecule has 8 nitrogen and oxygen atoms in total. The number of carboxylic acids is 4. The first-order valence-electron chi connectivity index (χ1n) is 39.9. The molecule has 97 heavy (non-hydrogen) atoms. The third-order valence-electron chi connectivity index (χ3n) is 18.8. The molecule has 0 radical (unpaired) electrons. The average molecular weight is 1610 g/mol. The van der Waals surface area contributed by atoms with Crippen LogP contribution in [0.3, 0.4) is 0 Å². The van der Waals surface area contributed by atoms with Crippen LogP contribution < -0.4 is 20.4 Å². The molecule has 0 N–H and O–H groups in total. The summed E-state index contributed by atoms with van der Waals surface area (Å²) in [5.41, 5.74) is 4.70. The van der Waals surface area contributed by atoms with Crippen molar-refractivity contribution in [3.8, 4) is 0 Å². The van der Waals surface area contributed by atoms with E-state index in [1.807, 2.05) is 0 Å². The van der Waals surface area contributed by atoms with Crippen LogP contribution in [0.25, 0.3) is 0 Å². The van der Waals surface area contributed by atoms with Crippen LogP contribution in [-0.2, 0) is 19.2 Å². The molecule has 0 saturated heterocycles. The van der Waals surface area contributed by atoms with Crippen LogP contribution in [-0.4, -0.2) is 68.8 Å². The second-order valence-corrected chi connectivity index (χ2v) is 37.1. The van der Waals surface area contributed by atoms with Crippen LogP contribution in [0.2, 0.25) is 0 Å². The van der Waals surface area contributed by atoms with E-state index in [-0.39, 0.29) is 23.9 Å². The number of hydrogen-bond acceptors (Lipinski definition) is 16. The standard InChI is InChI=1S/4C20H36O2S2.Sn/c4*1-3-5-7-9-11-13-15-17-18(23-24-19(17)20(21)22)16-14-12-10-8-6-4-2;/h4*19H,3-16H2,1-2H3,(H,21,22);/q;;;;+4/p-4. The summed E-state index contributed by atoms with van der Waals surface area (Å²) in [7, 11) is 12.8. The quantitative estimate of drug-likeness (QED) is 0.0321. The van der Waals surface area contributed by atoms with Gasteiger partial charge in [-0.25, -0.2) is 0 Å². The fourth-order valence-corrected chi connectivity index (χ4v) is 25.1. The van der Waals surface area contributed by atoms with Crippen molar-refractivity contribution < 1.29 is 39.6 Å². The van der Waals surface area contributed by atoms with Gasteiger partial charge in [-0.05, 0) is 145 Å². The predicted molar refractivity (Wildman–Crippen MR) is 434 cm³/mol. The smallest absolute Gasteiger partial charge is 0.549 e. The van der Waals surface area contributed by atoms with Gasteiger partial charge in [-0.3, -0.25) is 0 Å². The third kappa shape index (κ3) is 49.0. The minimum absolute atomic E-state index is 0. The Bertz CT molecular complexity index is 1820. The van der Waals surface area contributed by atoms with Crippen molar-refractivity contribution in [3.63, 3.8) is 0 Å². The SMILES string of the molecule is CCCCCCCCC1=C(CCCCCCCC)C(C(=O)[O-])SS1.CCCCCCCCC1=C(CCCCCCCC)C(C(=O)[O-])SS1.CCCCCCCCC1=C(CCCCCCCC)C(C(=O)[O-])SS1.CCCCCCCCC1=C(CCCCCCCC)C(C(=O)[O-])SS1.[Sn+4]. The number of hydrogen-bond donors (Lipinski definition) is 0. The summed E-state index contributed by atoms with van der Waals surface area (Å²) in [4.78, 5) is 51.0. The Morgan fingerprint density at radius 1 is 0.216 bits per heavy atom. The van der Waals surface area contributed by atoms with Gasteiger partial charge in [0.05, 0.1) is 44.9 Å². The molecule has 0 aromatic heterocycles. The van der Waals surface area contributed by atoms with Crippen molar-refractivity contribution >= 4 is 134 Å². The minimum atomic E-state index is -0.897. The van der Waals surface area contributed by atoms with Gasteiger partial charge in [0.25, 0.3) is 0 Å². The van der Waals surface area contributed by atoms with Crippen molar-refractivity contribution in [3.05, 3.63) is 41.9 Å². The number of rotatable bonds is 60. The Balaban J connectivity index is 0.00000126. The summed E-state index contributed by atoms with van der Waals surface area (Å²) in [6, 6.07) is 0. The first kappa shape index (κ1) is 97.4. The molecule has 4 atom stereocenters. The van der Waals surface area contributed by atoms with E-state index in [2.05, 4.69) is 55.4 Å². The van der Waals surface area contributed by atoms with E-state index in [1.54, 1.807) is 43.2 Å². The molecule has 0 amide bonds. The Hall–Kier alpha value is 0.439. The number of carboxylic acid groups (broad SMARTS) is 4. The molecule has 4 heterocycles. The Morgan fingerprint density at radius 3 is 0.474 bits per heavy atom. The Kier molecular flexibility index (Phi) is 69.8. The number of allylic oxidation sites excluding steroid dienone is 4. The summed E-state index contributed by atoms with van der Waals surface area (Å²) in [5, 5.41) is 44.0. The molecule has 0 aromatic rings. The van der Waals surface area contributed by atoms with E-state index in [4.69, 9.17) is 0 Å². The molecule has 0 aromatic carbocycles. The van der Waals surface area contributed by atoms with Gasteiger partial charge >= 0.3 is 23.9 Å². The van der Waals surface area contributed by atoms with Crippen molar-refractivity contribution in [2.45, 2.75) is 436 Å². The maximum Gasteiger partial charge on any atom is 4.00 e. The van der Waals surface area contributed by atoms with Crippen molar-refractivity contribution in [2.24, 2.45) is 0 Å². The van der Waals surface area contributed by atoms with Gasteiger partial charge in [0, 0.05) is 0 Å². The molecule has 4 rings (SSSR count). The molecule has 0 fully saturated rings. The zero-order valence-electron chi connectivity index (χ0n) is 62.9. The predicted octanol–water partition coefficient (Wildman–Crippen LogP) is 24.6. The van der Waals surface area contributed by atoms with Gasteiger partial charge in [-0.1, -0.05) is 399 Å².